The second kappa shape index (κ2) is 9.36. The van der Waals surface area contributed by atoms with Crippen molar-refractivity contribution >= 4 is 22.4 Å². The lowest BCUT2D eigenvalue weighted by molar-refractivity contribution is 0.0944. The quantitative estimate of drug-likeness (QED) is 0.627. The van der Waals surface area contributed by atoms with E-state index in [9.17, 15) is 9.18 Å². The number of nitrogens with zero attached hydrogens (tertiary/aromatic N) is 5. The molecule has 7 nitrogen and oxygen atoms in total. The Morgan fingerprint density at radius 2 is 1.83 bits per heavy atom. The molecule has 1 N–H and O–H groups in total. The van der Waals surface area contributed by atoms with Crippen molar-refractivity contribution in [3.05, 3.63) is 59.7 Å². The predicted molar refractivity (Wildman–Crippen MR) is 116 cm³/mol. The SMILES string of the molecule is CCCN1CCN(c2nnc(-n3cccc3C(=O)NCc3ccc(F)cc3)s2)CC1. The Bertz CT molecular complexity index is 978. The lowest BCUT2D eigenvalue weighted by Gasteiger charge is -2.33. The molecule has 0 radical (unpaired) electrons. The minimum atomic E-state index is -0.294. The first-order valence-corrected chi connectivity index (χ1v) is 11.0. The van der Waals surface area contributed by atoms with Crippen LogP contribution in [-0.4, -0.2) is 58.3 Å². The Balaban J connectivity index is 1.41. The molecule has 1 aliphatic rings. The van der Waals surface area contributed by atoms with Gasteiger partial charge in [-0.25, -0.2) is 4.39 Å². The summed E-state index contributed by atoms with van der Waals surface area (Å²) in [6, 6.07) is 9.66. The molecule has 158 valence electrons. The molecule has 1 aliphatic heterocycles. The van der Waals surface area contributed by atoms with Gasteiger partial charge in [0, 0.05) is 38.9 Å². The second-order valence-corrected chi connectivity index (χ2v) is 8.20. The number of hydrogen-bond acceptors (Lipinski definition) is 6. The normalized spacial score (nSPS) is 14.8. The third kappa shape index (κ3) is 4.68. The molecular formula is C21H25FN6OS. The number of carbonyl (C=O) groups excluding carboxylic acids is 1. The van der Waals surface area contributed by atoms with Crippen molar-refractivity contribution < 1.29 is 9.18 Å². The van der Waals surface area contributed by atoms with Gasteiger partial charge in [-0.1, -0.05) is 30.4 Å². The zero-order chi connectivity index (χ0) is 20.9. The topological polar surface area (TPSA) is 66.3 Å². The maximum Gasteiger partial charge on any atom is 0.268 e. The predicted octanol–water partition coefficient (Wildman–Crippen LogP) is 2.93. The van der Waals surface area contributed by atoms with Crippen LogP contribution < -0.4 is 10.2 Å². The fourth-order valence-electron chi connectivity index (χ4n) is 3.52. The number of aromatic nitrogens is 3. The summed E-state index contributed by atoms with van der Waals surface area (Å²) in [5, 5.41) is 13.1. The molecule has 0 saturated carbocycles. The number of carbonyl (C=O) groups is 1. The monoisotopic (exact) mass is 428 g/mol. The van der Waals surface area contributed by atoms with Crippen LogP contribution in [0.1, 0.15) is 29.4 Å². The Kier molecular flexibility index (Phi) is 6.39. The zero-order valence-corrected chi connectivity index (χ0v) is 17.7. The summed E-state index contributed by atoms with van der Waals surface area (Å²) in [7, 11) is 0. The number of piperazine rings is 1. The Morgan fingerprint density at radius 3 is 2.57 bits per heavy atom. The highest BCUT2D eigenvalue weighted by molar-refractivity contribution is 7.17. The highest BCUT2D eigenvalue weighted by atomic mass is 32.1. The van der Waals surface area contributed by atoms with Crippen molar-refractivity contribution in [1.82, 2.24) is 25.0 Å². The van der Waals surface area contributed by atoms with E-state index in [1.807, 2.05) is 12.3 Å². The number of halogens is 1. The summed E-state index contributed by atoms with van der Waals surface area (Å²) < 4.78 is 14.8. The number of hydrogen-bond donors (Lipinski definition) is 1. The van der Waals surface area contributed by atoms with Crippen LogP contribution >= 0.6 is 11.3 Å². The van der Waals surface area contributed by atoms with Crippen LogP contribution in [0.4, 0.5) is 9.52 Å². The van der Waals surface area contributed by atoms with Crippen molar-refractivity contribution in [1.29, 1.82) is 0 Å². The van der Waals surface area contributed by atoms with Gasteiger partial charge in [-0.3, -0.25) is 14.3 Å². The van der Waals surface area contributed by atoms with Crippen LogP contribution in [0, 0.1) is 5.82 Å². The van der Waals surface area contributed by atoms with Crippen molar-refractivity contribution in [2.45, 2.75) is 19.9 Å². The molecule has 0 bridgehead atoms. The number of nitrogens with one attached hydrogen (secondary N) is 1. The van der Waals surface area contributed by atoms with Gasteiger partial charge in [0.1, 0.15) is 11.5 Å². The molecule has 1 aromatic carbocycles. The minimum absolute atomic E-state index is 0.214. The summed E-state index contributed by atoms with van der Waals surface area (Å²) in [4.78, 5) is 17.4. The molecule has 2 aromatic heterocycles. The van der Waals surface area contributed by atoms with E-state index in [2.05, 4.69) is 32.2 Å². The molecule has 1 fully saturated rings. The number of rotatable bonds is 7. The number of amides is 1. The van der Waals surface area contributed by atoms with Gasteiger partial charge in [-0.05, 0) is 42.8 Å². The van der Waals surface area contributed by atoms with Gasteiger partial charge in [-0.2, -0.15) is 0 Å². The largest absolute Gasteiger partial charge is 0.347 e. The van der Waals surface area contributed by atoms with E-state index in [1.54, 1.807) is 22.8 Å². The fraction of sp³-hybridized carbons (Fsp3) is 0.381. The Hall–Kier alpha value is -2.78. The van der Waals surface area contributed by atoms with Crippen LogP contribution in [0.15, 0.2) is 42.6 Å². The third-order valence-corrected chi connectivity index (χ3v) is 6.12. The van der Waals surface area contributed by atoms with Crippen LogP contribution in [-0.2, 0) is 6.54 Å². The minimum Gasteiger partial charge on any atom is -0.347 e. The molecule has 0 aliphatic carbocycles. The summed E-state index contributed by atoms with van der Waals surface area (Å²) in [5.41, 5.74) is 1.33. The Labute approximate surface area is 179 Å². The molecule has 0 spiro atoms. The molecule has 3 aromatic rings. The van der Waals surface area contributed by atoms with E-state index in [-0.39, 0.29) is 11.7 Å². The molecule has 4 rings (SSSR count). The zero-order valence-electron chi connectivity index (χ0n) is 16.9. The van der Waals surface area contributed by atoms with Crippen molar-refractivity contribution in [2.75, 3.05) is 37.6 Å². The van der Waals surface area contributed by atoms with Gasteiger partial charge in [0.25, 0.3) is 5.91 Å². The molecule has 1 saturated heterocycles. The van der Waals surface area contributed by atoms with Crippen LogP contribution in [0.25, 0.3) is 5.13 Å². The summed E-state index contributed by atoms with van der Waals surface area (Å²) in [6.45, 7) is 7.60. The van der Waals surface area contributed by atoms with Crippen molar-refractivity contribution in [3.63, 3.8) is 0 Å². The van der Waals surface area contributed by atoms with Gasteiger partial charge in [-0.15, -0.1) is 10.2 Å². The first-order valence-electron chi connectivity index (χ1n) is 10.1. The second-order valence-electron chi connectivity index (χ2n) is 7.27. The van der Waals surface area contributed by atoms with E-state index in [0.29, 0.717) is 17.4 Å². The van der Waals surface area contributed by atoms with Crippen LogP contribution in [0.3, 0.4) is 0 Å². The highest BCUT2D eigenvalue weighted by Crippen LogP contribution is 2.25. The molecule has 1 amide bonds. The van der Waals surface area contributed by atoms with E-state index in [1.165, 1.54) is 29.9 Å². The molecule has 9 heteroatoms. The van der Waals surface area contributed by atoms with Gasteiger partial charge in [0.2, 0.25) is 10.3 Å². The maximum absolute atomic E-state index is 13.0. The van der Waals surface area contributed by atoms with Gasteiger partial charge in [0.05, 0.1) is 0 Å². The van der Waals surface area contributed by atoms with Crippen LogP contribution in [0.5, 0.6) is 0 Å². The standard InChI is InChI=1S/C21H25FN6OS/c1-2-9-26-11-13-27(14-12-26)20-24-25-21(30-20)28-10-3-4-18(28)19(29)23-15-16-5-7-17(22)8-6-16/h3-8,10H,2,9,11-15H2,1H3,(H,23,29). The van der Waals surface area contributed by atoms with Gasteiger partial charge < -0.3 is 10.2 Å². The van der Waals surface area contributed by atoms with Crippen molar-refractivity contribution in [2.24, 2.45) is 0 Å². The number of anilines is 1. The maximum atomic E-state index is 13.0. The average Bonchev–Trinajstić information content (AvgIpc) is 3.43. The summed E-state index contributed by atoms with van der Waals surface area (Å²) >= 11 is 1.49. The molecule has 0 unspecified atom stereocenters. The molecule has 30 heavy (non-hydrogen) atoms. The smallest absolute Gasteiger partial charge is 0.268 e. The molecule has 3 heterocycles. The number of benzene rings is 1. The molecule has 0 atom stereocenters. The van der Waals surface area contributed by atoms with E-state index >= 15 is 0 Å². The van der Waals surface area contributed by atoms with Crippen molar-refractivity contribution in [3.8, 4) is 5.13 Å². The van der Waals surface area contributed by atoms with E-state index in [0.717, 1.165) is 43.4 Å². The first kappa shape index (κ1) is 20.5. The van der Waals surface area contributed by atoms with E-state index in [4.69, 9.17) is 0 Å². The van der Waals surface area contributed by atoms with Crippen LogP contribution in [0.2, 0.25) is 0 Å². The lowest BCUT2D eigenvalue weighted by Crippen LogP contribution is -2.46. The van der Waals surface area contributed by atoms with Gasteiger partial charge in [0.15, 0.2) is 0 Å². The third-order valence-electron chi connectivity index (χ3n) is 5.14. The van der Waals surface area contributed by atoms with E-state index < -0.39 is 0 Å². The summed E-state index contributed by atoms with van der Waals surface area (Å²) in [5.74, 6) is -0.507. The fourth-order valence-corrected chi connectivity index (χ4v) is 4.42. The average molecular weight is 429 g/mol. The lowest BCUT2D eigenvalue weighted by atomic mass is 10.2. The first-order chi connectivity index (χ1) is 14.6. The molecular weight excluding hydrogens is 403 g/mol. The summed E-state index contributed by atoms with van der Waals surface area (Å²) in [6.07, 6.45) is 2.98. The van der Waals surface area contributed by atoms with Gasteiger partial charge >= 0.3 is 0 Å². The highest BCUT2D eigenvalue weighted by Gasteiger charge is 2.21. The Morgan fingerprint density at radius 1 is 1.10 bits per heavy atom.